The average molecular weight is 435 g/mol. The molecule has 0 radical (unpaired) electrons. The molecule has 0 unspecified atom stereocenters. The number of aryl methyl sites for hydroxylation is 1. The Morgan fingerprint density at radius 3 is 2.58 bits per heavy atom. The zero-order chi connectivity index (χ0) is 22.5. The summed E-state index contributed by atoms with van der Waals surface area (Å²) in [5.74, 6) is 0.582. The Labute approximate surface area is 191 Å². The molecule has 0 aliphatic heterocycles. The van der Waals surface area contributed by atoms with Crippen molar-refractivity contribution in [3.05, 3.63) is 96.7 Å². The van der Waals surface area contributed by atoms with Crippen LogP contribution in [0.25, 0.3) is 28.4 Å². The van der Waals surface area contributed by atoms with E-state index in [0.29, 0.717) is 23.6 Å². The Kier molecular flexibility index (Phi) is 5.84. The van der Waals surface area contributed by atoms with Crippen LogP contribution in [-0.2, 0) is 11.2 Å². The van der Waals surface area contributed by atoms with Gasteiger partial charge in [0.05, 0.1) is 5.69 Å². The maximum atomic E-state index is 12.4. The van der Waals surface area contributed by atoms with E-state index in [1.165, 1.54) is 5.56 Å². The quantitative estimate of drug-likeness (QED) is 0.397. The highest BCUT2D eigenvalue weighted by Crippen LogP contribution is 2.23. The van der Waals surface area contributed by atoms with Crippen molar-refractivity contribution < 1.29 is 4.79 Å². The Hall–Kier alpha value is -4.39. The Morgan fingerprint density at radius 2 is 1.73 bits per heavy atom. The number of hydrogen-bond acceptors (Lipinski definition) is 5. The first-order chi connectivity index (χ1) is 16.3. The summed E-state index contributed by atoms with van der Waals surface area (Å²) in [6.07, 6.45) is 3.87. The lowest BCUT2D eigenvalue weighted by molar-refractivity contribution is -0.116. The van der Waals surface area contributed by atoms with E-state index in [2.05, 4.69) is 32.6 Å². The number of pyridine rings is 1. The zero-order valence-corrected chi connectivity index (χ0v) is 17.9. The SMILES string of the molecule is O=C(CCCc1ccccc1)Nc1cccc(-c2ccc3nnc(-c4ccccn4)n3n2)c1. The number of hydrogen-bond donors (Lipinski definition) is 1. The fraction of sp³-hybridized carbons (Fsp3) is 0.115. The second-order valence-corrected chi connectivity index (χ2v) is 7.70. The highest BCUT2D eigenvalue weighted by molar-refractivity contribution is 5.91. The van der Waals surface area contributed by atoms with Gasteiger partial charge in [0.2, 0.25) is 11.7 Å². The standard InChI is InChI=1S/C26H22N6O/c33-25(14-6-10-19-8-2-1-3-9-19)28-21-12-7-11-20(18-21)22-15-16-24-29-30-26(32(24)31-22)23-13-4-5-17-27-23/h1-5,7-9,11-13,15-18H,6,10,14H2,(H,28,33). The number of aromatic nitrogens is 5. The van der Waals surface area contributed by atoms with Gasteiger partial charge >= 0.3 is 0 Å². The molecule has 5 rings (SSSR count). The summed E-state index contributed by atoms with van der Waals surface area (Å²) in [5, 5.41) is 16.2. The summed E-state index contributed by atoms with van der Waals surface area (Å²) in [4.78, 5) is 16.8. The van der Waals surface area contributed by atoms with E-state index < -0.39 is 0 Å². The first-order valence-electron chi connectivity index (χ1n) is 10.8. The van der Waals surface area contributed by atoms with Crippen LogP contribution < -0.4 is 5.32 Å². The Bertz CT molecular complexity index is 1380. The van der Waals surface area contributed by atoms with Crippen molar-refractivity contribution in [2.45, 2.75) is 19.3 Å². The molecule has 1 amide bonds. The molecule has 0 aliphatic carbocycles. The summed E-state index contributed by atoms with van der Waals surface area (Å²) in [5.41, 5.74) is 4.97. The number of rotatable bonds is 7. The fourth-order valence-corrected chi connectivity index (χ4v) is 3.68. The van der Waals surface area contributed by atoms with Crippen LogP contribution in [-0.4, -0.2) is 30.7 Å². The van der Waals surface area contributed by atoms with Crippen LogP contribution in [0.15, 0.2) is 91.1 Å². The van der Waals surface area contributed by atoms with Crippen molar-refractivity contribution in [3.8, 4) is 22.8 Å². The number of carbonyl (C=O) groups excluding carboxylic acids is 1. The first kappa shape index (κ1) is 20.5. The van der Waals surface area contributed by atoms with Gasteiger partial charge in [0, 0.05) is 23.9 Å². The van der Waals surface area contributed by atoms with Crippen molar-refractivity contribution in [2.75, 3.05) is 5.32 Å². The van der Waals surface area contributed by atoms with E-state index >= 15 is 0 Å². The van der Waals surface area contributed by atoms with Crippen LogP contribution in [0.3, 0.4) is 0 Å². The molecule has 0 atom stereocenters. The molecule has 2 aromatic carbocycles. The number of anilines is 1. The summed E-state index contributed by atoms with van der Waals surface area (Å²) in [6.45, 7) is 0. The third-order valence-electron chi connectivity index (χ3n) is 5.31. The van der Waals surface area contributed by atoms with Gasteiger partial charge in [-0.05, 0) is 54.8 Å². The van der Waals surface area contributed by atoms with Gasteiger partial charge in [0.1, 0.15) is 5.69 Å². The van der Waals surface area contributed by atoms with Gasteiger partial charge in [-0.3, -0.25) is 9.78 Å². The number of amides is 1. The lowest BCUT2D eigenvalue weighted by Crippen LogP contribution is -2.11. The van der Waals surface area contributed by atoms with E-state index in [9.17, 15) is 4.79 Å². The molecule has 0 saturated heterocycles. The molecule has 0 aliphatic rings. The summed E-state index contributed by atoms with van der Waals surface area (Å²) >= 11 is 0. The minimum Gasteiger partial charge on any atom is -0.326 e. The highest BCUT2D eigenvalue weighted by Gasteiger charge is 2.12. The molecule has 0 fully saturated rings. The summed E-state index contributed by atoms with van der Waals surface area (Å²) < 4.78 is 1.69. The monoisotopic (exact) mass is 434 g/mol. The van der Waals surface area contributed by atoms with E-state index in [-0.39, 0.29) is 5.91 Å². The van der Waals surface area contributed by atoms with Crippen LogP contribution in [0.4, 0.5) is 5.69 Å². The molecule has 33 heavy (non-hydrogen) atoms. The van der Waals surface area contributed by atoms with Crippen LogP contribution in [0, 0.1) is 0 Å². The lowest BCUT2D eigenvalue weighted by Gasteiger charge is -2.08. The number of fused-ring (bicyclic) bond motifs is 1. The second kappa shape index (κ2) is 9.40. The minimum absolute atomic E-state index is 0.00254. The van der Waals surface area contributed by atoms with Crippen LogP contribution in [0.2, 0.25) is 0 Å². The largest absolute Gasteiger partial charge is 0.326 e. The molecule has 0 spiro atoms. The Balaban J connectivity index is 1.31. The molecule has 3 aromatic heterocycles. The fourth-order valence-electron chi connectivity index (χ4n) is 3.68. The molecule has 0 saturated carbocycles. The van der Waals surface area contributed by atoms with E-state index in [1.807, 2.05) is 72.8 Å². The van der Waals surface area contributed by atoms with E-state index in [1.54, 1.807) is 10.7 Å². The molecule has 7 heteroatoms. The van der Waals surface area contributed by atoms with Crippen molar-refractivity contribution in [1.82, 2.24) is 24.8 Å². The second-order valence-electron chi connectivity index (χ2n) is 7.70. The molecular formula is C26H22N6O. The molecule has 0 bridgehead atoms. The molecule has 3 heterocycles. The van der Waals surface area contributed by atoms with Crippen molar-refractivity contribution in [1.29, 1.82) is 0 Å². The van der Waals surface area contributed by atoms with Gasteiger partial charge in [-0.2, -0.15) is 9.61 Å². The van der Waals surface area contributed by atoms with Crippen LogP contribution >= 0.6 is 0 Å². The van der Waals surface area contributed by atoms with Crippen LogP contribution in [0.5, 0.6) is 0 Å². The maximum Gasteiger partial charge on any atom is 0.224 e. The lowest BCUT2D eigenvalue weighted by atomic mass is 10.1. The van der Waals surface area contributed by atoms with Gasteiger partial charge in [0.25, 0.3) is 0 Å². The number of nitrogens with zero attached hydrogens (tertiary/aromatic N) is 5. The van der Waals surface area contributed by atoms with Crippen molar-refractivity contribution in [2.24, 2.45) is 0 Å². The maximum absolute atomic E-state index is 12.4. The summed E-state index contributed by atoms with van der Waals surface area (Å²) in [6, 6.07) is 27.3. The van der Waals surface area contributed by atoms with Gasteiger partial charge in [-0.1, -0.05) is 48.5 Å². The van der Waals surface area contributed by atoms with Gasteiger partial charge in [-0.15, -0.1) is 10.2 Å². The minimum atomic E-state index is 0.00254. The molecule has 162 valence electrons. The van der Waals surface area contributed by atoms with E-state index in [0.717, 1.165) is 29.8 Å². The third-order valence-corrected chi connectivity index (χ3v) is 5.31. The first-order valence-corrected chi connectivity index (χ1v) is 10.8. The normalized spacial score (nSPS) is 10.9. The average Bonchev–Trinajstić information content (AvgIpc) is 3.29. The topological polar surface area (TPSA) is 85.1 Å². The van der Waals surface area contributed by atoms with Crippen molar-refractivity contribution in [3.63, 3.8) is 0 Å². The molecular weight excluding hydrogens is 412 g/mol. The zero-order valence-electron chi connectivity index (χ0n) is 17.9. The molecule has 1 N–H and O–H groups in total. The smallest absolute Gasteiger partial charge is 0.224 e. The Morgan fingerprint density at radius 1 is 0.848 bits per heavy atom. The number of nitrogens with one attached hydrogen (secondary N) is 1. The van der Waals surface area contributed by atoms with Gasteiger partial charge in [-0.25, -0.2) is 0 Å². The predicted molar refractivity (Wildman–Crippen MR) is 127 cm³/mol. The molecule has 5 aromatic rings. The molecule has 7 nitrogen and oxygen atoms in total. The van der Waals surface area contributed by atoms with Gasteiger partial charge in [0.15, 0.2) is 5.65 Å². The van der Waals surface area contributed by atoms with Crippen LogP contribution in [0.1, 0.15) is 18.4 Å². The highest BCUT2D eigenvalue weighted by atomic mass is 16.1. The van der Waals surface area contributed by atoms with Gasteiger partial charge < -0.3 is 5.32 Å². The summed E-state index contributed by atoms with van der Waals surface area (Å²) in [7, 11) is 0. The number of carbonyl (C=O) groups is 1. The van der Waals surface area contributed by atoms with E-state index in [4.69, 9.17) is 5.10 Å². The number of benzene rings is 2. The third kappa shape index (κ3) is 4.77. The predicted octanol–water partition coefficient (Wildman–Crippen LogP) is 4.81. The van der Waals surface area contributed by atoms with Crippen molar-refractivity contribution >= 4 is 17.2 Å².